The van der Waals surface area contributed by atoms with Crippen molar-refractivity contribution in [1.29, 1.82) is 0 Å². The number of hydrogen-bond donors (Lipinski definition) is 1. The molecule has 1 N–H and O–H groups in total. The van der Waals surface area contributed by atoms with Crippen molar-refractivity contribution in [3.05, 3.63) is 84.2 Å². The van der Waals surface area contributed by atoms with E-state index in [0.29, 0.717) is 26.2 Å². The summed E-state index contributed by atoms with van der Waals surface area (Å²) in [7, 11) is 1.66. The average Bonchev–Trinajstić information content (AvgIpc) is 3.34. The van der Waals surface area contributed by atoms with Crippen molar-refractivity contribution in [2.75, 3.05) is 13.7 Å². The minimum Gasteiger partial charge on any atom is -0.497 e. The Kier molecular flexibility index (Phi) is 6.46. The lowest BCUT2D eigenvalue weighted by Crippen LogP contribution is -2.00. The SMILES string of the molecule is COc1ccc(-c2cc(COCc3cn(CCCO)nn3)c3ccc4ccccc4c3n2)cc1. The summed E-state index contributed by atoms with van der Waals surface area (Å²) in [6, 6.07) is 22.6. The van der Waals surface area contributed by atoms with Crippen LogP contribution in [0.25, 0.3) is 32.9 Å². The number of rotatable bonds is 9. The number of pyridine rings is 1. The molecule has 34 heavy (non-hydrogen) atoms. The van der Waals surface area contributed by atoms with Crippen LogP contribution in [0.3, 0.4) is 0 Å². The van der Waals surface area contributed by atoms with Gasteiger partial charge in [0.25, 0.3) is 0 Å². The van der Waals surface area contributed by atoms with Gasteiger partial charge in [-0.15, -0.1) is 5.10 Å². The summed E-state index contributed by atoms with van der Waals surface area (Å²) in [6.07, 6.45) is 2.51. The van der Waals surface area contributed by atoms with Gasteiger partial charge in [-0.25, -0.2) is 4.98 Å². The third kappa shape index (κ3) is 4.62. The lowest BCUT2D eigenvalue weighted by Gasteiger charge is -2.12. The number of ether oxygens (including phenoxy) is 2. The minimum absolute atomic E-state index is 0.131. The number of fused-ring (bicyclic) bond motifs is 3. The predicted octanol–water partition coefficient (Wildman–Crippen LogP) is 4.75. The van der Waals surface area contributed by atoms with Gasteiger partial charge >= 0.3 is 0 Å². The standard InChI is InChI=1S/C27H26N4O3/c1-33-23-10-7-20(8-11-23)26-15-21(17-34-18-22-16-31(30-29-22)13-4-14-32)25-12-9-19-5-2-3-6-24(19)27(25)28-26/h2-3,5-12,15-16,32H,4,13-14,17-18H2,1H3. The molecule has 0 saturated carbocycles. The lowest BCUT2D eigenvalue weighted by atomic mass is 10.0. The first-order valence-electron chi connectivity index (χ1n) is 11.3. The van der Waals surface area contributed by atoms with E-state index in [-0.39, 0.29) is 6.61 Å². The van der Waals surface area contributed by atoms with E-state index < -0.39 is 0 Å². The Labute approximate surface area is 197 Å². The molecule has 5 rings (SSSR count). The predicted molar refractivity (Wildman–Crippen MR) is 131 cm³/mol. The Morgan fingerprint density at radius 1 is 0.941 bits per heavy atom. The van der Waals surface area contributed by atoms with Crippen molar-refractivity contribution < 1.29 is 14.6 Å². The van der Waals surface area contributed by atoms with E-state index in [1.54, 1.807) is 11.8 Å². The Morgan fingerprint density at radius 3 is 2.62 bits per heavy atom. The van der Waals surface area contributed by atoms with Crippen LogP contribution in [0.2, 0.25) is 0 Å². The van der Waals surface area contributed by atoms with E-state index in [2.05, 4.69) is 40.6 Å². The molecule has 0 aliphatic heterocycles. The molecule has 0 fully saturated rings. The highest BCUT2D eigenvalue weighted by Crippen LogP contribution is 2.31. The van der Waals surface area contributed by atoms with Gasteiger partial charge in [0.15, 0.2) is 0 Å². The minimum atomic E-state index is 0.131. The number of aliphatic hydroxyl groups excluding tert-OH is 1. The summed E-state index contributed by atoms with van der Waals surface area (Å²) in [6.45, 7) is 1.54. The van der Waals surface area contributed by atoms with Gasteiger partial charge in [0.2, 0.25) is 0 Å². The molecule has 0 saturated heterocycles. The quantitative estimate of drug-likeness (QED) is 0.324. The first kappa shape index (κ1) is 22.0. The summed E-state index contributed by atoms with van der Waals surface area (Å²) in [5.41, 5.74) is 4.69. The lowest BCUT2D eigenvalue weighted by molar-refractivity contribution is 0.105. The second kappa shape index (κ2) is 9.99. The van der Waals surface area contributed by atoms with Crippen molar-refractivity contribution in [3.63, 3.8) is 0 Å². The van der Waals surface area contributed by atoms with Crippen molar-refractivity contribution >= 4 is 21.7 Å². The van der Waals surface area contributed by atoms with Crippen LogP contribution >= 0.6 is 0 Å². The molecule has 0 amide bonds. The molecule has 0 spiro atoms. The second-order valence-electron chi connectivity index (χ2n) is 8.12. The molecule has 0 bridgehead atoms. The fourth-order valence-corrected chi connectivity index (χ4v) is 4.07. The Bertz CT molecular complexity index is 1410. The van der Waals surface area contributed by atoms with E-state index in [9.17, 15) is 0 Å². The fraction of sp³-hybridized carbons (Fsp3) is 0.222. The van der Waals surface area contributed by atoms with Crippen LogP contribution in [-0.4, -0.2) is 38.8 Å². The number of aryl methyl sites for hydroxylation is 1. The van der Waals surface area contributed by atoms with E-state index >= 15 is 0 Å². The van der Waals surface area contributed by atoms with Gasteiger partial charge in [0.1, 0.15) is 11.4 Å². The van der Waals surface area contributed by atoms with Crippen LogP contribution in [0.1, 0.15) is 17.7 Å². The van der Waals surface area contributed by atoms with E-state index in [1.165, 1.54) is 0 Å². The van der Waals surface area contributed by atoms with Crippen molar-refractivity contribution in [3.8, 4) is 17.0 Å². The molecule has 0 unspecified atom stereocenters. The topological polar surface area (TPSA) is 82.3 Å². The molecule has 0 aliphatic rings. The van der Waals surface area contributed by atoms with Crippen molar-refractivity contribution in [2.24, 2.45) is 0 Å². The van der Waals surface area contributed by atoms with Gasteiger partial charge in [-0.05, 0) is 47.7 Å². The Morgan fingerprint density at radius 2 is 1.79 bits per heavy atom. The highest BCUT2D eigenvalue weighted by atomic mass is 16.5. The maximum Gasteiger partial charge on any atom is 0.118 e. The van der Waals surface area contributed by atoms with Crippen LogP contribution in [0.5, 0.6) is 5.75 Å². The number of aromatic nitrogens is 4. The Hall–Kier alpha value is -3.81. The molecule has 7 nitrogen and oxygen atoms in total. The zero-order valence-corrected chi connectivity index (χ0v) is 19.0. The Balaban J connectivity index is 1.47. The van der Waals surface area contributed by atoms with Crippen LogP contribution in [0.15, 0.2) is 72.9 Å². The molecular formula is C27H26N4O3. The molecular weight excluding hydrogens is 428 g/mol. The molecule has 0 aliphatic carbocycles. The van der Waals surface area contributed by atoms with Crippen molar-refractivity contribution in [2.45, 2.75) is 26.2 Å². The van der Waals surface area contributed by atoms with E-state index in [0.717, 1.165) is 49.9 Å². The number of nitrogens with zero attached hydrogens (tertiary/aromatic N) is 4. The summed E-state index contributed by atoms with van der Waals surface area (Å²) in [4.78, 5) is 5.05. The summed E-state index contributed by atoms with van der Waals surface area (Å²) < 4.78 is 13.1. The molecule has 172 valence electrons. The summed E-state index contributed by atoms with van der Waals surface area (Å²) in [5.74, 6) is 0.811. The number of benzene rings is 3. The maximum atomic E-state index is 8.99. The van der Waals surface area contributed by atoms with Gasteiger partial charge in [-0.2, -0.15) is 0 Å². The van der Waals surface area contributed by atoms with Crippen LogP contribution in [-0.2, 0) is 24.5 Å². The van der Waals surface area contributed by atoms with E-state index in [1.807, 2.05) is 42.6 Å². The first-order valence-corrected chi connectivity index (χ1v) is 11.3. The molecule has 2 aromatic heterocycles. The fourth-order valence-electron chi connectivity index (χ4n) is 4.07. The third-order valence-corrected chi connectivity index (χ3v) is 5.81. The number of methoxy groups -OCH3 is 1. The van der Waals surface area contributed by atoms with Crippen molar-refractivity contribution in [1.82, 2.24) is 20.0 Å². The van der Waals surface area contributed by atoms with Gasteiger partial charge < -0.3 is 14.6 Å². The molecule has 0 atom stereocenters. The first-order chi connectivity index (χ1) is 16.7. The average molecular weight is 455 g/mol. The number of hydrogen-bond acceptors (Lipinski definition) is 6. The van der Waals surface area contributed by atoms with E-state index in [4.69, 9.17) is 19.6 Å². The molecule has 0 radical (unpaired) electrons. The van der Waals surface area contributed by atoms with Crippen LogP contribution < -0.4 is 4.74 Å². The highest BCUT2D eigenvalue weighted by molar-refractivity contribution is 6.06. The maximum absolute atomic E-state index is 8.99. The monoisotopic (exact) mass is 454 g/mol. The summed E-state index contributed by atoms with van der Waals surface area (Å²) >= 11 is 0. The molecule has 3 aromatic carbocycles. The normalized spacial score (nSPS) is 11.4. The van der Waals surface area contributed by atoms with Gasteiger partial charge in [0, 0.05) is 29.5 Å². The van der Waals surface area contributed by atoms with Gasteiger partial charge in [-0.1, -0.05) is 41.6 Å². The van der Waals surface area contributed by atoms with Crippen LogP contribution in [0, 0.1) is 0 Å². The zero-order valence-electron chi connectivity index (χ0n) is 19.0. The molecule has 2 heterocycles. The zero-order chi connectivity index (χ0) is 23.3. The van der Waals surface area contributed by atoms with Gasteiger partial charge in [-0.3, -0.25) is 4.68 Å². The van der Waals surface area contributed by atoms with Gasteiger partial charge in [0.05, 0.1) is 37.7 Å². The largest absolute Gasteiger partial charge is 0.497 e. The number of aliphatic hydroxyl groups is 1. The highest BCUT2D eigenvalue weighted by Gasteiger charge is 2.12. The molecule has 5 aromatic rings. The molecule has 7 heteroatoms. The van der Waals surface area contributed by atoms with Crippen LogP contribution in [0.4, 0.5) is 0 Å². The smallest absolute Gasteiger partial charge is 0.118 e. The second-order valence-corrected chi connectivity index (χ2v) is 8.12. The third-order valence-electron chi connectivity index (χ3n) is 5.81. The summed E-state index contributed by atoms with van der Waals surface area (Å²) in [5, 5.41) is 20.6.